The molecular formula is C22H21Cl2N3O5S. The summed E-state index contributed by atoms with van der Waals surface area (Å²) in [6, 6.07) is 12.4. The summed E-state index contributed by atoms with van der Waals surface area (Å²) in [7, 11) is -4.11. The van der Waals surface area contributed by atoms with Gasteiger partial charge in [-0.15, -0.1) is 0 Å². The number of fused-ring (bicyclic) bond motifs is 1. The van der Waals surface area contributed by atoms with Crippen LogP contribution in [0.15, 0.2) is 53.6 Å². The number of sulfonamides is 1. The number of benzene rings is 2. The minimum Gasteiger partial charge on any atom is -0.486 e. The smallest absolute Gasteiger partial charge is 0.303 e. The van der Waals surface area contributed by atoms with Gasteiger partial charge in [0.05, 0.1) is 12.2 Å². The molecule has 1 N–H and O–H groups in total. The highest BCUT2D eigenvalue weighted by Gasteiger charge is 2.37. The molecule has 1 aliphatic heterocycles. The summed E-state index contributed by atoms with van der Waals surface area (Å²) in [5.41, 5.74) is 1.89. The summed E-state index contributed by atoms with van der Waals surface area (Å²) in [5.74, 6) is -0.646. The Balaban J connectivity index is 1.81. The average Bonchev–Trinajstić information content (AvgIpc) is 3.18. The van der Waals surface area contributed by atoms with Gasteiger partial charge in [-0.25, -0.2) is 8.42 Å². The molecule has 0 bridgehead atoms. The Labute approximate surface area is 201 Å². The van der Waals surface area contributed by atoms with Crippen LogP contribution in [-0.4, -0.2) is 41.9 Å². The lowest BCUT2D eigenvalue weighted by Gasteiger charge is -2.35. The number of hydrogen-bond donors (Lipinski definition) is 1. The standard InChI is InChI=1S/C22H21Cl2N3O5S/c1-2-26-13-20(22(24)25-26)33(30,31)27-12-17(7-9-21(28)29)32-19-8-6-15(11-18(19)27)14-4-3-5-16(23)10-14/h3-6,8,10-11,13,17H,2,7,9,12H2,1H3,(H,28,29)/t17-/m0/s1. The Kier molecular flexibility index (Phi) is 6.56. The Hall–Kier alpha value is -2.75. The van der Waals surface area contributed by atoms with E-state index >= 15 is 0 Å². The van der Waals surface area contributed by atoms with Crippen molar-refractivity contribution >= 4 is 44.9 Å². The Morgan fingerprint density at radius 3 is 2.64 bits per heavy atom. The van der Waals surface area contributed by atoms with E-state index in [0.717, 1.165) is 11.1 Å². The summed E-state index contributed by atoms with van der Waals surface area (Å²) in [6.45, 7) is 2.22. The van der Waals surface area contributed by atoms with Crippen molar-refractivity contribution in [2.24, 2.45) is 0 Å². The molecule has 0 fully saturated rings. The highest BCUT2D eigenvalue weighted by Crippen LogP contribution is 2.41. The lowest BCUT2D eigenvalue weighted by atomic mass is 10.0. The number of carbonyl (C=O) groups is 1. The van der Waals surface area contributed by atoms with Crippen LogP contribution < -0.4 is 9.04 Å². The number of rotatable bonds is 7. The molecule has 1 atom stereocenters. The molecule has 11 heteroatoms. The van der Waals surface area contributed by atoms with E-state index in [2.05, 4.69) is 5.10 Å². The molecule has 0 spiro atoms. The van der Waals surface area contributed by atoms with Crippen molar-refractivity contribution in [3.8, 4) is 16.9 Å². The molecule has 1 aliphatic rings. The first kappa shape index (κ1) is 23.4. The molecule has 2 aromatic carbocycles. The number of ether oxygens (including phenoxy) is 1. The molecule has 0 radical (unpaired) electrons. The SMILES string of the molecule is CCn1cc(S(=O)(=O)N2C[C@H](CCC(=O)O)Oc3ccc(-c4cccc(Cl)c4)cc32)c(Cl)n1. The highest BCUT2D eigenvalue weighted by atomic mass is 35.5. The van der Waals surface area contributed by atoms with Crippen molar-refractivity contribution in [3.63, 3.8) is 0 Å². The summed E-state index contributed by atoms with van der Waals surface area (Å²) in [6.07, 6.45) is 0.752. The molecule has 0 aliphatic carbocycles. The Morgan fingerprint density at radius 1 is 1.21 bits per heavy atom. The van der Waals surface area contributed by atoms with Gasteiger partial charge in [0.15, 0.2) is 5.15 Å². The van der Waals surface area contributed by atoms with Crippen LogP contribution in [0.5, 0.6) is 5.75 Å². The van der Waals surface area contributed by atoms with Crippen molar-refractivity contribution in [2.45, 2.75) is 37.3 Å². The predicted molar refractivity (Wildman–Crippen MR) is 126 cm³/mol. The second-order valence-electron chi connectivity index (χ2n) is 7.54. The molecule has 2 heterocycles. The van der Waals surface area contributed by atoms with Crippen molar-refractivity contribution in [2.75, 3.05) is 10.8 Å². The van der Waals surface area contributed by atoms with Gasteiger partial charge in [0.2, 0.25) is 0 Å². The summed E-state index contributed by atoms with van der Waals surface area (Å²) >= 11 is 12.3. The van der Waals surface area contributed by atoms with Crippen LogP contribution in [0.1, 0.15) is 19.8 Å². The van der Waals surface area contributed by atoms with Gasteiger partial charge in [-0.1, -0.05) is 41.4 Å². The zero-order valence-electron chi connectivity index (χ0n) is 17.6. The third kappa shape index (κ3) is 4.80. The minimum absolute atomic E-state index is 0.0603. The van der Waals surface area contributed by atoms with Gasteiger partial charge in [-0.3, -0.25) is 13.8 Å². The maximum atomic E-state index is 13.7. The second kappa shape index (κ2) is 9.24. The fraction of sp³-hybridized carbons (Fsp3) is 0.273. The van der Waals surface area contributed by atoms with Crippen molar-refractivity contribution in [1.29, 1.82) is 0 Å². The van der Waals surface area contributed by atoms with Gasteiger partial charge >= 0.3 is 5.97 Å². The number of carboxylic acid groups (broad SMARTS) is 1. The number of nitrogens with zero attached hydrogens (tertiary/aromatic N) is 3. The number of halogens is 2. The maximum Gasteiger partial charge on any atom is 0.303 e. The van der Waals surface area contributed by atoms with E-state index < -0.39 is 22.1 Å². The van der Waals surface area contributed by atoms with Crippen molar-refractivity contribution in [3.05, 3.63) is 58.8 Å². The maximum absolute atomic E-state index is 13.7. The zero-order valence-corrected chi connectivity index (χ0v) is 19.9. The zero-order chi connectivity index (χ0) is 23.8. The number of aryl methyl sites for hydroxylation is 1. The van der Waals surface area contributed by atoms with E-state index in [0.29, 0.717) is 23.0 Å². The Morgan fingerprint density at radius 2 is 1.97 bits per heavy atom. The van der Waals surface area contributed by atoms with E-state index in [4.69, 9.17) is 33.0 Å². The lowest BCUT2D eigenvalue weighted by Crippen LogP contribution is -2.43. The average molecular weight is 510 g/mol. The monoisotopic (exact) mass is 509 g/mol. The van der Waals surface area contributed by atoms with Crippen LogP contribution in [0.2, 0.25) is 10.2 Å². The van der Waals surface area contributed by atoms with Gasteiger partial charge in [-0.2, -0.15) is 5.10 Å². The number of hydrogen-bond acceptors (Lipinski definition) is 5. The topological polar surface area (TPSA) is 102 Å². The predicted octanol–water partition coefficient (Wildman–Crippen LogP) is 4.70. The molecule has 3 aromatic rings. The third-order valence-corrected chi connectivity index (χ3v) is 7.71. The van der Waals surface area contributed by atoms with Gasteiger partial charge < -0.3 is 9.84 Å². The molecule has 33 heavy (non-hydrogen) atoms. The van der Waals surface area contributed by atoms with E-state index in [1.54, 1.807) is 30.3 Å². The molecule has 0 amide bonds. The highest BCUT2D eigenvalue weighted by molar-refractivity contribution is 7.93. The van der Waals surface area contributed by atoms with Gasteiger partial charge in [0.1, 0.15) is 16.7 Å². The fourth-order valence-electron chi connectivity index (χ4n) is 3.66. The largest absolute Gasteiger partial charge is 0.486 e. The van der Waals surface area contributed by atoms with Crippen LogP contribution in [-0.2, 0) is 21.4 Å². The van der Waals surface area contributed by atoms with Crippen molar-refractivity contribution in [1.82, 2.24) is 9.78 Å². The van der Waals surface area contributed by atoms with E-state index in [9.17, 15) is 13.2 Å². The first-order valence-corrected chi connectivity index (χ1v) is 12.4. The fourth-order valence-corrected chi connectivity index (χ4v) is 5.79. The number of aromatic nitrogens is 2. The Bertz CT molecular complexity index is 1310. The van der Waals surface area contributed by atoms with Gasteiger partial charge in [0.25, 0.3) is 10.0 Å². The molecule has 4 rings (SSSR count). The molecule has 0 saturated heterocycles. The first-order chi connectivity index (χ1) is 15.7. The lowest BCUT2D eigenvalue weighted by molar-refractivity contribution is -0.137. The molecule has 8 nitrogen and oxygen atoms in total. The van der Waals surface area contributed by atoms with Crippen LogP contribution in [0.4, 0.5) is 5.69 Å². The number of carboxylic acids is 1. The number of anilines is 1. The summed E-state index contributed by atoms with van der Waals surface area (Å²) in [5, 5.41) is 13.5. The molecule has 0 saturated carbocycles. The summed E-state index contributed by atoms with van der Waals surface area (Å²) in [4.78, 5) is 10.9. The van der Waals surface area contributed by atoms with Crippen LogP contribution in [0.3, 0.4) is 0 Å². The molecular weight excluding hydrogens is 489 g/mol. The molecule has 174 valence electrons. The second-order valence-corrected chi connectivity index (χ2v) is 10.2. The third-order valence-electron chi connectivity index (χ3n) is 5.31. The van der Waals surface area contributed by atoms with Gasteiger partial charge in [0, 0.05) is 24.2 Å². The van der Waals surface area contributed by atoms with Crippen LogP contribution in [0, 0.1) is 0 Å². The number of aliphatic carboxylic acids is 1. The first-order valence-electron chi connectivity index (χ1n) is 10.2. The minimum atomic E-state index is -4.11. The van der Waals surface area contributed by atoms with E-state index in [-0.39, 0.29) is 29.4 Å². The van der Waals surface area contributed by atoms with Crippen LogP contribution in [0.25, 0.3) is 11.1 Å². The van der Waals surface area contributed by atoms with E-state index in [1.165, 1.54) is 15.2 Å². The van der Waals surface area contributed by atoms with Gasteiger partial charge in [-0.05, 0) is 48.7 Å². The molecule has 0 unspecified atom stereocenters. The van der Waals surface area contributed by atoms with Crippen molar-refractivity contribution < 1.29 is 23.1 Å². The summed E-state index contributed by atoms with van der Waals surface area (Å²) < 4.78 is 36.0. The molecule has 1 aromatic heterocycles. The normalized spacial score (nSPS) is 15.7. The van der Waals surface area contributed by atoms with Crippen LogP contribution >= 0.6 is 23.2 Å². The quantitative estimate of drug-likeness (QED) is 0.495. The van der Waals surface area contributed by atoms with E-state index in [1.807, 2.05) is 19.1 Å².